The summed E-state index contributed by atoms with van der Waals surface area (Å²) in [5.74, 6) is -0.915. The fourth-order valence-electron chi connectivity index (χ4n) is 4.88. The van der Waals surface area contributed by atoms with Crippen molar-refractivity contribution in [3.05, 3.63) is 63.7 Å². The van der Waals surface area contributed by atoms with Crippen LogP contribution in [-0.4, -0.2) is 42.4 Å². The van der Waals surface area contributed by atoms with Crippen molar-refractivity contribution in [1.82, 2.24) is 9.69 Å². The van der Waals surface area contributed by atoms with Crippen molar-refractivity contribution in [1.29, 1.82) is 0 Å². The Morgan fingerprint density at radius 3 is 2.41 bits per heavy atom. The van der Waals surface area contributed by atoms with Crippen molar-refractivity contribution >= 4 is 40.6 Å². The van der Waals surface area contributed by atoms with Gasteiger partial charge in [-0.1, -0.05) is 25.0 Å². The molecule has 1 fully saturated rings. The Labute approximate surface area is 231 Å². The molecule has 3 amide bonds. The lowest BCUT2D eigenvalue weighted by Gasteiger charge is -2.34. The topological polar surface area (TPSA) is 150 Å². The number of benzene rings is 2. The smallest absolute Gasteiger partial charge is 0.273 e. The molecule has 1 aliphatic rings. The minimum atomic E-state index is -1.16. The molecule has 0 unspecified atom stereocenters. The number of hydrogen-bond acceptors (Lipinski definition) is 8. The highest BCUT2D eigenvalue weighted by Crippen LogP contribution is 2.39. The number of rotatable bonds is 9. The Kier molecular flexibility index (Phi) is 8.39. The number of carbonyl (C=O) groups excluding carboxylic acids is 3. The number of aromatic nitrogens is 1. The molecular formula is C28H33N5O5S. The average Bonchev–Trinajstić information content (AvgIpc) is 3.57. The fraction of sp³-hybridized carbons (Fsp3) is 0.357. The van der Waals surface area contributed by atoms with E-state index in [0.29, 0.717) is 22.7 Å². The van der Waals surface area contributed by atoms with Crippen LogP contribution in [-0.2, 0) is 4.79 Å². The Balaban J connectivity index is 1.97. The first kappa shape index (κ1) is 27.9. The van der Waals surface area contributed by atoms with Gasteiger partial charge < -0.3 is 26.3 Å². The summed E-state index contributed by atoms with van der Waals surface area (Å²) in [4.78, 5) is 41.9. The summed E-state index contributed by atoms with van der Waals surface area (Å²) in [5.41, 5.74) is 13.9. The van der Waals surface area contributed by atoms with Gasteiger partial charge in [-0.25, -0.2) is 0 Å². The van der Waals surface area contributed by atoms with Crippen LogP contribution in [0.15, 0.2) is 36.4 Å². The van der Waals surface area contributed by atoms with Gasteiger partial charge in [0.15, 0.2) is 5.69 Å². The number of nitrogen functional groups attached to an aromatic ring is 1. The summed E-state index contributed by atoms with van der Waals surface area (Å²) < 4.78 is 15.2. The number of primary amides is 1. The van der Waals surface area contributed by atoms with Crippen LogP contribution < -0.4 is 31.2 Å². The van der Waals surface area contributed by atoms with Gasteiger partial charge in [-0.05, 0) is 73.6 Å². The second kappa shape index (κ2) is 11.7. The van der Waals surface area contributed by atoms with E-state index in [1.54, 1.807) is 18.2 Å². The van der Waals surface area contributed by atoms with Gasteiger partial charge in [-0.2, -0.15) is 4.37 Å². The highest BCUT2D eigenvalue weighted by Gasteiger charge is 2.39. The van der Waals surface area contributed by atoms with E-state index >= 15 is 0 Å². The molecule has 1 aromatic heterocycles. The summed E-state index contributed by atoms with van der Waals surface area (Å²) in [5, 5.41) is 3.15. The number of anilines is 2. The Hall–Kier alpha value is -4.12. The highest BCUT2D eigenvalue weighted by molar-refractivity contribution is 7.09. The van der Waals surface area contributed by atoms with Gasteiger partial charge in [-0.15, -0.1) is 0 Å². The summed E-state index contributed by atoms with van der Waals surface area (Å²) >= 11 is 0.766. The number of aryl methyl sites for hydroxylation is 2. The maximum Gasteiger partial charge on any atom is 0.273 e. The number of nitrogens with one attached hydrogen (secondary N) is 1. The molecule has 5 N–H and O–H groups in total. The summed E-state index contributed by atoms with van der Waals surface area (Å²) in [6, 6.07) is 9.57. The van der Waals surface area contributed by atoms with Crippen molar-refractivity contribution < 1.29 is 23.9 Å². The molecule has 0 spiro atoms. The number of hydrogen-bond donors (Lipinski definition) is 3. The normalized spacial score (nSPS) is 14.1. The number of carbonyl (C=O) groups is 3. The van der Waals surface area contributed by atoms with Crippen molar-refractivity contribution in [3.8, 4) is 11.5 Å². The Morgan fingerprint density at radius 2 is 1.79 bits per heavy atom. The van der Waals surface area contributed by atoms with Crippen LogP contribution in [0.3, 0.4) is 0 Å². The van der Waals surface area contributed by atoms with E-state index in [-0.39, 0.29) is 28.2 Å². The first-order valence-electron chi connectivity index (χ1n) is 12.6. The monoisotopic (exact) mass is 551 g/mol. The molecule has 10 nitrogen and oxygen atoms in total. The Bertz CT molecular complexity index is 1400. The summed E-state index contributed by atoms with van der Waals surface area (Å²) in [6.45, 7) is 3.76. The van der Waals surface area contributed by atoms with Crippen LogP contribution in [0.5, 0.6) is 11.5 Å². The second-order valence-electron chi connectivity index (χ2n) is 9.60. The molecule has 39 heavy (non-hydrogen) atoms. The van der Waals surface area contributed by atoms with Crippen LogP contribution in [0.25, 0.3) is 0 Å². The minimum Gasteiger partial charge on any atom is -0.497 e. The van der Waals surface area contributed by atoms with Crippen LogP contribution >= 0.6 is 11.5 Å². The number of methoxy groups -OCH3 is 2. The standard InChI is InChI=1S/C28H33N5O5S/c1-15-9-10-16(2)20(13-15)33(28(36)25-22(29)23(26(30)34)32-39-25)24(27(35)31-17-7-5-6-8-17)19-14-18(37-3)11-12-21(19)38-4/h9-14,17,24H,5-8,29H2,1-4H3,(H2,30,34)(H,31,35)/t24-/m1/s1. The quantitative estimate of drug-likeness (QED) is 0.365. The molecule has 0 aliphatic heterocycles. The van der Waals surface area contributed by atoms with E-state index in [9.17, 15) is 14.4 Å². The van der Waals surface area contributed by atoms with Gasteiger partial charge in [0.05, 0.1) is 19.9 Å². The molecule has 1 atom stereocenters. The third-order valence-electron chi connectivity index (χ3n) is 6.94. The SMILES string of the molecule is COc1ccc(OC)c([C@H](C(=O)NC2CCCC2)N(C(=O)c2snc(C(N)=O)c2N)c2cc(C)ccc2C)c1. The van der Waals surface area contributed by atoms with Gasteiger partial charge >= 0.3 is 0 Å². The third-order valence-corrected chi connectivity index (χ3v) is 7.79. The molecule has 0 radical (unpaired) electrons. The molecule has 3 aromatic rings. The lowest BCUT2D eigenvalue weighted by atomic mass is 9.98. The van der Waals surface area contributed by atoms with Crippen molar-refractivity contribution in [2.24, 2.45) is 5.73 Å². The first-order valence-corrected chi connectivity index (χ1v) is 13.4. The minimum absolute atomic E-state index is 0.00485. The van der Waals surface area contributed by atoms with Crippen molar-refractivity contribution in [2.45, 2.75) is 51.6 Å². The molecule has 0 bridgehead atoms. The highest BCUT2D eigenvalue weighted by atomic mass is 32.1. The first-order chi connectivity index (χ1) is 18.7. The van der Waals surface area contributed by atoms with E-state index in [4.69, 9.17) is 20.9 Å². The number of amides is 3. The van der Waals surface area contributed by atoms with Crippen LogP contribution in [0.1, 0.15) is 68.6 Å². The van der Waals surface area contributed by atoms with Crippen molar-refractivity contribution in [2.75, 3.05) is 24.9 Å². The summed E-state index contributed by atoms with van der Waals surface area (Å²) in [7, 11) is 3.03. The molecule has 11 heteroatoms. The van der Waals surface area contributed by atoms with Gasteiger partial charge in [-0.3, -0.25) is 19.3 Å². The molecule has 0 saturated heterocycles. The number of nitrogens with zero attached hydrogens (tertiary/aromatic N) is 2. The van der Waals surface area contributed by atoms with E-state index in [2.05, 4.69) is 9.69 Å². The number of ether oxygens (including phenoxy) is 2. The zero-order valence-corrected chi connectivity index (χ0v) is 23.3. The van der Waals surface area contributed by atoms with Crippen LogP contribution in [0.2, 0.25) is 0 Å². The maximum absolute atomic E-state index is 14.4. The molecule has 1 heterocycles. The van der Waals surface area contributed by atoms with Gasteiger partial charge in [0, 0.05) is 17.3 Å². The largest absolute Gasteiger partial charge is 0.497 e. The van der Waals surface area contributed by atoms with Gasteiger partial charge in [0.1, 0.15) is 22.4 Å². The predicted octanol–water partition coefficient (Wildman–Crippen LogP) is 3.91. The Morgan fingerprint density at radius 1 is 1.08 bits per heavy atom. The molecule has 1 aliphatic carbocycles. The molecule has 2 aromatic carbocycles. The summed E-state index contributed by atoms with van der Waals surface area (Å²) in [6.07, 6.45) is 3.75. The predicted molar refractivity (Wildman–Crippen MR) is 150 cm³/mol. The molecule has 4 rings (SSSR count). The zero-order chi connectivity index (χ0) is 28.3. The lowest BCUT2D eigenvalue weighted by molar-refractivity contribution is -0.123. The van der Waals surface area contributed by atoms with E-state index in [1.807, 2.05) is 32.0 Å². The van der Waals surface area contributed by atoms with Crippen molar-refractivity contribution in [3.63, 3.8) is 0 Å². The maximum atomic E-state index is 14.4. The lowest BCUT2D eigenvalue weighted by Crippen LogP contribution is -2.46. The van der Waals surface area contributed by atoms with E-state index in [1.165, 1.54) is 19.1 Å². The number of nitrogens with two attached hydrogens (primary N) is 2. The molecule has 206 valence electrons. The van der Waals surface area contributed by atoms with Gasteiger partial charge in [0.25, 0.3) is 11.8 Å². The van der Waals surface area contributed by atoms with Gasteiger partial charge in [0.2, 0.25) is 5.91 Å². The average molecular weight is 552 g/mol. The fourth-order valence-corrected chi connectivity index (χ4v) is 5.63. The molecule has 1 saturated carbocycles. The second-order valence-corrected chi connectivity index (χ2v) is 10.4. The van der Waals surface area contributed by atoms with Crippen LogP contribution in [0, 0.1) is 13.8 Å². The zero-order valence-electron chi connectivity index (χ0n) is 22.4. The van der Waals surface area contributed by atoms with Crippen LogP contribution in [0.4, 0.5) is 11.4 Å². The molecular weight excluding hydrogens is 518 g/mol. The van der Waals surface area contributed by atoms with E-state index < -0.39 is 17.9 Å². The van der Waals surface area contributed by atoms with E-state index in [0.717, 1.165) is 48.3 Å². The third kappa shape index (κ3) is 5.68.